The van der Waals surface area contributed by atoms with Gasteiger partial charge in [0.2, 0.25) is 5.91 Å². The summed E-state index contributed by atoms with van der Waals surface area (Å²) in [5.41, 5.74) is 13.0. The number of benzene rings is 2. The van der Waals surface area contributed by atoms with Crippen molar-refractivity contribution in [1.82, 2.24) is 4.57 Å². The van der Waals surface area contributed by atoms with Crippen LogP contribution in [-0.2, 0) is 10.3 Å². The van der Waals surface area contributed by atoms with Gasteiger partial charge in [0.1, 0.15) is 5.54 Å². The number of primary amides is 1. The molecule has 1 aromatic heterocycles. The number of aliphatic hydroxyl groups is 1. The van der Waals surface area contributed by atoms with Crippen LogP contribution in [0.5, 0.6) is 0 Å². The molecule has 22 heavy (non-hydrogen) atoms. The van der Waals surface area contributed by atoms with Crippen molar-refractivity contribution in [2.45, 2.75) is 18.9 Å². The molecule has 0 saturated carbocycles. The summed E-state index contributed by atoms with van der Waals surface area (Å²) in [6.07, 6.45) is 0.250. The van der Waals surface area contributed by atoms with E-state index in [9.17, 15) is 9.90 Å². The Morgan fingerprint density at radius 1 is 1.18 bits per heavy atom. The second-order valence-electron chi connectivity index (χ2n) is 5.74. The standard InChI is InChI=1S/C17H19N3O2/c1-17(8-9-21,16(19)22)20-14-5-3-2-4-12(14)13-10-11(18)6-7-15(13)20/h2-7,10,21H,8-9,18H2,1H3,(H2,19,22). The number of fused-ring (bicyclic) bond motifs is 3. The normalized spacial score (nSPS) is 14.3. The van der Waals surface area contributed by atoms with Crippen molar-refractivity contribution < 1.29 is 9.90 Å². The molecule has 0 aliphatic heterocycles. The second-order valence-corrected chi connectivity index (χ2v) is 5.74. The van der Waals surface area contributed by atoms with Crippen molar-refractivity contribution >= 4 is 33.4 Å². The average molecular weight is 297 g/mol. The van der Waals surface area contributed by atoms with E-state index in [0.717, 1.165) is 21.8 Å². The molecule has 1 atom stereocenters. The molecule has 0 bridgehead atoms. The number of carbonyl (C=O) groups is 1. The molecule has 0 spiro atoms. The molecule has 0 fully saturated rings. The summed E-state index contributed by atoms with van der Waals surface area (Å²) in [7, 11) is 0. The molecule has 0 saturated heterocycles. The van der Waals surface area contributed by atoms with E-state index in [-0.39, 0.29) is 13.0 Å². The van der Waals surface area contributed by atoms with Gasteiger partial charge in [-0.25, -0.2) is 0 Å². The third-order valence-electron chi connectivity index (χ3n) is 4.32. The lowest BCUT2D eigenvalue weighted by Gasteiger charge is -2.29. The molecule has 5 heteroatoms. The third kappa shape index (κ3) is 1.94. The number of aromatic nitrogens is 1. The number of anilines is 1. The number of hydrogen-bond donors (Lipinski definition) is 3. The average Bonchev–Trinajstić information content (AvgIpc) is 2.81. The van der Waals surface area contributed by atoms with Gasteiger partial charge in [-0.3, -0.25) is 4.79 Å². The molecule has 1 heterocycles. The molecule has 1 unspecified atom stereocenters. The predicted molar refractivity (Wildman–Crippen MR) is 88.4 cm³/mol. The molecule has 1 amide bonds. The Kier molecular flexibility index (Phi) is 3.30. The number of carbonyl (C=O) groups excluding carboxylic acids is 1. The van der Waals surface area contributed by atoms with Crippen molar-refractivity contribution in [3.05, 3.63) is 42.5 Å². The van der Waals surface area contributed by atoms with Crippen molar-refractivity contribution in [2.75, 3.05) is 12.3 Å². The van der Waals surface area contributed by atoms with Crippen LogP contribution in [0.25, 0.3) is 21.8 Å². The Labute approximate surface area is 128 Å². The Morgan fingerprint density at radius 3 is 2.55 bits per heavy atom. The maximum absolute atomic E-state index is 12.1. The van der Waals surface area contributed by atoms with E-state index < -0.39 is 11.4 Å². The molecule has 114 valence electrons. The van der Waals surface area contributed by atoms with E-state index in [1.807, 2.05) is 41.0 Å². The van der Waals surface area contributed by atoms with Gasteiger partial charge in [-0.1, -0.05) is 18.2 Å². The zero-order chi connectivity index (χ0) is 15.9. The highest BCUT2D eigenvalue weighted by molar-refractivity contribution is 6.10. The number of nitrogens with zero attached hydrogens (tertiary/aromatic N) is 1. The molecule has 3 aromatic rings. The fourth-order valence-electron chi connectivity index (χ4n) is 3.09. The van der Waals surface area contributed by atoms with Gasteiger partial charge < -0.3 is 21.1 Å². The highest BCUT2D eigenvalue weighted by Gasteiger charge is 2.35. The van der Waals surface area contributed by atoms with Crippen LogP contribution in [0.4, 0.5) is 5.69 Å². The van der Waals surface area contributed by atoms with Crippen LogP contribution in [0.1, 0.15) is 13.3 Å². The van der Waals surface area contributed by atoms with Crippen molar-refractivity contribution in [3.8, 4) is 0 Å². The van der Waals surface area contributed by atoms with Crippen LogP contribution >= 0.6 is 0 Å². The van der Waals surface area contributed by atoms with E-state index in [4.69, 9.17) is 11.5 Å². The van der Waals surface area contributed by atoms with Crippen molar-refractivity contribution in [2.24, 2.45) is 5.73 Å². The van der Waals surface area contributed by atoms with Gasteiger partial charge in [-0.15, -0.1) is 0 Å². The first kappa shape index (κ1) is 14.4. The molecular formula is C17H19N3O2. The number of rotatable bonds is 4. The number of aliphatic hydroxyl groups excluding tert-OH is 1. The topological polar surface area (TPSA) is 94.3 Å². The van der Waals surface area contributed by atoms with Gasteiger partial charge in [-0.05, 0) is 31.2 Å². The zero-order valence-electron chi connectivity index (χ0n) is 12.4. The predicted octanol–water partition coefficient (Wildman–Crippen LogP) is 1.96. The smallest absolute Gasteiger partial charge is 0.243 e. The van der Waals surface area contributed by atoms with Crippen molar-refractivity contribution in [1.29, 1.82) is 0 Å². The van der Waals surface area contributed by atoms with E-state index >= 15 is 0 Å². The molecule has 5 N–H and O–H groups in total. The Bertz CT molecular complexity index is 869. The number of hydrogen-bond acceptors (Lipinski definition) is 3. The monoisotopic (exact) mass is 297 g/mol. The fraction of sp³-hybridized carbons (Fsp3) is 0.235. The minimum Gasteiger partial charge on any atom is -0.399 e. The third-order valence-corrected chi connectivity index (χ3v) is 4.32. The summed E-state index contributed by atoms with van der Waals surface area (Å²) in [5.74, 6) is -0.471. The summed E-state index contributed by atoms with van der Waals surface area (Å²) in [6, 6.07) is 13.4. The molecular weight excluding hydrogens is 278 g/mol. The Hall–Kier alpha value is -2.53. The summed E-state index contributed by atoms with van der Waals surface area (Å²) < 4.78 is 1.91. The quantitative estimate of drug-likeness (QED) is 0.642. The first-order valence-corrected chi connectivity index (χ1v) is 7.19. The van der Waals surface area contributed by atoms with E-state index in [1.54, 1.807) is 13.0 Å². The first-order chi connectivity index (χ1) is 10.5. The van der Waals surface area contributed by atoms with Crippen LogP contribution in [0.3, 0.4) is 0 Å². The lowest BCUT2D eigenvalue weighted by atomic mass is 9.96. The first-order valence-electron chi connectivity index (χ1n) is 7.19. The van der Waals surface area contributed by atoms with E-state index in [0.29, 0.717) is 5.69 Å². The van der Waals surface area contributed by atoms with Gasteiger partial charge in [0, 0.05) is 29.5 Å². The largest absolute Gasteiger partial charge is 0.399 e. The summed E-state index contributed by atoms with van der Waals surface area (Å²) in [6.45, 7) is 1.64. The van der Waals surface area contributed by atoms with Gasteiger partial charge in [0.15, 0.2) is 0 Å². The minimum absolute atomic E-state index is 0.123. The van der Waals surface area contributed by atoms with Crippen LogP contribution < -0.4 is 11.5 Å². The highest BCUT2D eigenvalue weighted by Crippen LogP contribution is 2.36. The summed E-state index contributed by atoms with van der Waals surface area (Å²) >= 11 is 0. The van der Waals surface area contributed by atoms with Gasteiger partial charge in [-0.2, -0.15) is 0 Å². The zero-order valence-corrected chi connectivity index (χ0v) is 12.4. The lowest BCUT2D eigenvalue weighted by Crippen LogP contribution is -2.44. The van der Waals surface area contributed by atoms with E-state index in [1.165, 1.54) is 0 Å². The molecule has 5 nitrogen and oxygen atoms in total. The highest BCUT2D eigenvalue weighted by atomic mass is 16.3. The van der Waals surface area contributed by atoms with E-state index in [2.05, 4.69) is 0 Å². The van der Waals surface area contributed by atoms with Gasteiger partial charge in [0.05, 0.1) is 11.0 Å². The second kappa shape index (κ2) is 5.03. The number of nitrogen functional groups attached to an aromatic ring is 1. The van der Waals surface area contributed by atoms with Gasteiger partial charge in [0.25, 0.3) is 0 Å². The van der Waals surface area contributed by atoms with Crippen molar-refractivity contribution in [3.63, 3.8) is 0 Å². The molecule has 0 aliphatic rings. The van der Waals surface area contributed by atoms with Gasteiger partial charge >= 0.3 is 0 Å². The Morgan fingerprint density at radius 2 is 1.86 bits per heavy atom. The Balaban J connectivity index is 2.47. The maximum atomic E-state index is 12.1. The number of amides is 1. The molecule has 0 aliphatic carbocycles. The fourth-order valence-corrected chi connectivity index (χ4v) is 3.09. The molecule has 0 radical (unpaired) electrons. The summed E-state index contributed by atoms with van der Waals surface area (Å²) in [4.78, 5) is 12.1. The SMILES string of the molecule is CC(CCO)(C(N)=O)n1c2ccccc2c2cc(N)ccc21. The van der Waals surface area contributed by atoms with Crippen LogP contribution in [-0.4, -0.2) is 22.2 Å². The minimum atomic E-state index is -1.01. The summed E-state index contributed by atoms with van der Waals surface area (Å²) in [5, 5.41) is 11.4. The maximum Gasteiger partial charge on any atom is 0.243 e. The molecule has 3 rings (SSSR count). The molecule has 2 aromatic carbocycles. The number of nitrogens with two attached hydrogens (primary N) is 2. The number of para-hydroxylation sites is 1. The lowest BCUT2D eigenvalue weighted by molar-refractivity contribution is -0.126. The van der Waals surface area contributed by atoms with Crippen LogP contribution in [0, 0.1) is 0 Å². The van der Waals surface area contributed by atoms with Crippen LogP contribution in [0.2, 0.25) is 0 Å². The van der Waals surface area contributed by atoms with Crippen LogP contribution in [0.15, 0.2) is 42.5 Å².